The van der Waals surface area contributed by atoms with Crippen molar-refractivity contribution in [2.75, 3.05) is 32.8 Å². The molecule has 0 radical (unpaired) electrons. The molecule has 0 fully saturated rings. The Morgan fingerprint density at radius 1 is 0.923 bits per heavy atom. The second-order valence-corrected chi connectivity index (χ2v) is 5.47. The molecule has 2 aromatic rings. The molecule has 2 rings (SSSR count). The van der Waals surface area contributed by atoms with Crippen molar-refractivity contribution in [3.63, 3.8) is 0 Å². The Balaban J connectivity index is 1.77. The first-order valence-corrected chi connectivity index (χ1v) is 8.53. The van der Waals surface area contributed by atoms with Crippen LogP contribution < -0.4 is 24.3 Å². The number of nitrogens with one attached hydrogen (secondary N) is 1. The number of anilines is 1. The van der Waals surface area contributed by atoms with Crippen molar-refractivity contribution in [3.8, 4) is 23.0 Å². The predicted molar refractivity (Wildman–Crippen MR) is 101 cm³/mol. The third kappa shape index (κ3) is 5.88. The van der Waals surface area contributed by atoms with Crippen LogP contribution in [0.2, 0.25) is 0 Å². The quantitative estimate of drug-likeness (QED) is 0.652. The first-order valence-electron chi connectivity index (χ1n) is 8.53. The third-order valence-corrected chi connectivity index (χ3v) is 3.63. The zero-order valence-electron chi connectivity index (χ0n) is 15.4. The maximum Gasteiger partial charge on any atom is 0.224 e. The molecule has 0 bridgehead atoms. The van der Waals surface area contributed by atoms with Crippen LogP contribution in [-0.2, 0) is 4.79 Å². The van der Waals surface area contributed by atoms with Gasteiger partial charge in [-0.1, -0.05) is 0 Å². The smallest absolute Gasteiger partial charge is 0.224 e. The molecule has 2 aromatic carbocycles. The standard InChI is InChI=1S/C20H25NO5/c1-4-25-15-7-9-16(10-8-15)26-13-5-6-20(22)21-18-14-17(23-2)11-12-19(18)24-3/h7-12,14H,4-6,13H2,1-3H3,(H,21,22). The first-order chi connectivity index (χ1) is 12.7. The van der Waals surface area contributed by atoms with Crippen molar-refractivity contribution in [1.29, 1.82) is 0 Å². The van der Waals surface area contributed by atoms with E-state index in [1.165, 1.54) is 0 Å². The number of rotatable bonds is 10. The van der Waals surface area contributed by atoms with Crippen LogP contribution in [0.4, 0.5) is 5.69 Å². The van der Waals surface area contributed by atoms with E-state index in [4.69, 9.17) is 18.9 Å². The molecule has 6 heteroatoms. The third-order valence-electron chi connectivity index (χ3n) is 3.63. The molecular weight excluding hydrogens is 334 g/mol. The second kappa shape index (κ2) is 10.2. The van der Waals surface area contributed by atoms with Crippen LogP contribution in [0.3, 0.4) is 0 Å². The molecule has 0 aliphatic rings. The van der Waals surface area contributed by atoms with Gasteiger partial charge in [0, 0.05) is 12.5 Å². The molecule has 0 unspecified atom stereocenters. The number of hydrogen-bond acceptors (Lipinski definition) is 5. The zero-order valence-corrected chi connectivity index (χ0v) is 15.4. The van der Waals surface area contributed by atoms with Crippen LogP contribution in [-0.4, -0.2) is 33.3 Å². The molecule has 6 nitrogen and oxygen atoms in total. The number of ether oxygens (including phenoxy) is 4. The van der Waals surface area contributed by atoms with E-state index in [2.05, 4.69) is 5.32 Å². The van der Waals surface area contributed by atoms with Crippen LogP contribution in [0.15, 0.2) is 42.5 Å². The van der Waals surface area contributed by atoms with E-state index in [0.29, 0.717) is 43.2 Å². The summed E-state index contributed by atoms with van der Waals surface area (Å²) in [6.45, 7) is 3.03. The number of hydrogen-bond donors (Lipinski definition) is 1. The summed E-state index contributed by atoms with van der Waals surface area (Å²) >= 11 is 0. The Kier molecular flexibility index (Phi) is 7.61. The molecule has 0 atom stereocenters. The van der Waals surface area contributed by atoms with E-state index < -0.39 is 0 Å². The highest BCUT2D eigenvalue weighted by Gasteiger charge is 2.09. The molecule has 1 amide bonds. The fraction of sp³-hybridized carbons (Fsp3) is 0.350. The van der Waals surface area contributed by atoms with Gasteiger partial charge in [-0.25, -0.2) is 0 Å². The molecule has 0 spiro atoms. The molecular formula is C20H25NO5. The topological polar surface area (TPSA) is 66.0 Å². The van der Waals surface area contributed by atoms with Gasteiger partial charge < -0.3 is 24.3 Å². The van der Waals surface area contributed by atoms with E-state index in [1.54, 1.807) is 32.4 Å². The lowest BCUT2D eigenvalue weighted by Crippen LogP contribution is -2.13. The summed E-state index contributed by atoms with van der Waals surface area (Å²) in [5, 5.41) is 2.84. The highest BCUT2D eigenvalue weighted by atomic mass is 16.5. The Morgan fingerprint density at radius 2 is 1.58 bits per heavy atom. The molecule has 0 aliphatic carbocycles. The van der Waals surface area contributed by atoms with E-state index in [1.807, 2.05) is 31.2 Å². The summed E-state index contributed by atoms with van der Waals surface area (Å²) in [5.41, 5.74) is 0.587. The van der Waals surface area contributed by atoms with E-state index in [-0.39, 0.29) is 5.91 Å². The van der Waals surface area contributed by atoms with Crippen LogP contribution in [0.25, 0.3) is 0 Å². The fourth-order valence-corrected chi connectivity index (χ4v) is 2.35. The zero-order chi connectivity index (χ0) is 18.8. The van der Waals surface area contributed by atoms with Crippen LogP contribution >= 0.6 is 0 Å². The fourth-order valence-electron chi connectivity index (χ4n) is 2.35. The molecule has 0 aliphatic heterocycles. The van der Waals surface area contributed by atoms with Gasteiger partial charge in [-0.3, -0.25) is 4.79 Å². The minimum atomic E-state index is -0.105. The molecule has 0 saturated carbocycles. The molecule has 0 heterocycles. The van der Waals surface area contributed by atoms with E-state index >= 15 is 0 Å². The molecule has 1 N–H and O–H groups in total. The molecule has 26 heavy (non-hydrogen) atoms. The minimum Gasteiger partial charge on any atom is -0.497 e. The normalized spacial score (nSPS) is 10.1. The maximum absolute atomic E-state index is 12.1. The summed E-state index contributed by atoms with van der Waals surface area (Å²) in [4.78, 5) is 12.1. The highest BCUT2D eigenvalue weighted by Crippen LogP contribution is 2.29. The van der Waals surface area contributed by atoms with Crippen molar-refractivity contribution in [2.24, 2.45) is 0 Å². The van der Waals surface area contributed by atoms with E-state index in [9.17, 15) is 4.79 Å². The lowest BCUT2D eigenvalue weighted by atomic mass is 10.2. The molecule has 0 aromatic heterocycles. The van der Waals surface area contributed by atoms with Crippen LogP contribution in [0.1, 0.15) is 19.8 Å². The lowest BCUT2D eigenvalue weighted by molar-refractivity contribution is -0.116. The number of benzene rings is 2. The predicted octanol–water partition coefficient (Wildman–Crippen LogP) is 3.90. The van der Waals surface area contributed by atoms with Crippen molar-refractivity contribution < 1.29 is 23.7 Å². The maximum atomic E-state index is 12.1. The average molecular weight is 359 g/mol. The van der Waals surface area contributed by atoms with Gasteiger partial charge in [0.2, 0.25) is 5.91 Å². The van der Waals surface area contributed by atoms with Gasteiger partial charge in [-0.2, -0.15) is 0 Å². The summed E-state index contributed by atoms with van der Waals surface area (Å²) < 4.78 is 21.4. The average Bonchev–Trinajstić information content (AvgIpc) is 2.66. The van der Waals surface area contributed by atoms with Gasteiger partial charge in [-0.05, 0) is 49.7 Å². The van der Waals surface area contributed by atoms with Crippen molar-refractivity contribution in [1.82, 2.24) is 0 Å². The van der Waals surface area contributed by atoms with Crippen LogP contribution in [0.5, 0.6) is 23.0 Å². The summed E-state index contributed by atoms with van der Waals surface area (Å²) in [5.74, 6) is 2.70. The molecule has 0 saturated heterocycles. The van der Waals surface area contributed by atoms with Gasteiger partial charge in [-0.15, -0.1) is 0 Å². The largest absolute Gasteiger partial charge is 0.497 e. The van der Waals surface area contributed by atoms with Crippen molar-refractivity contribution in [3.05, 3.63) is 42.5 Å². The number of carbonyl (C=O) groups excluding carboxylic acids is 1. The van der Waals surface area contributed by atoms with Crippen molar-refractivity contribution in [2.45, 2.75) is 19.8 Å². The van der Waals surface area contributed by atoms with Crippen molar-refractivity contribution >= 4 is 11.6 Å². The Bertz CT molecular complexity index is 700. The lowest BCUT2D eigenvalue weighted by Gasteiger charge is -2.12. The number of amides is 1. The SMILES string of the molecule is CCOc1ccc(OCCCC(=O)Nc2cc(OC)ccc2OC)cc1. The number of carbonyl (C=O) groups is 1. The highest BCUT2D eigenvalue weighted by molar-refractivity contribution is 5.92. The number of methoxy groups -OCH3 is 2. The van der Waals surface area contributed by atoms with Gasteiger partial charge in [0.25, 0.3) is 0 Å². The van der Waals surface area contributed by atoms with Gasteiger partial charge >= 0.3 is 0 Å². The van der Waals surface area contributed by atoms with E-state index in [0.717, 1.165) is 11.5 Å². The van der Waals surface area contributed by atoms with Gasteiger partial charge in [0.05, 0.1) is 33.1 Å². The minimum absolute atomic E-state index is 0.105. The van der Waals surface area contributed by atoms with Gasteiger partial charge in [0.15, 0.2) is 0 Å². The van der Waals surface area contributed by atoms with Gasteiger partial charge in [0.1, 0.15) is 23.0 Å². The Hall–Kier alpha value is -2.89. The monoisotopic (exact) mass is 359 g/mol. The first kappa shape index (κ1) is 19.4. The Morgan fingerprint density at radius 3 is 2.19 bits per heavy atom. The second-order valence-electron chi connectivity index (χ2n) is 5.47. The summed E-state index contributed by atoms with van der Waals surface area (Å²) in [6, 6.07) is 12.7. The van der Waals surface area contributed by atoms with Crippen LogP contribution in [0, 0.1) is 0 Å². The summed E-state index contributed by atoms with van der Waals surface area (Å²) in [7, 11) is 3.13. The Labute approximate surface area is 154 Å². The summed E-state index contributed by atoms with van der Waals surface area (Å²) in [6.07, 6.45) is 0.947. The molecule has 140 valence electrons.